The summed E-state index contributed by atoms with van der Waals surface area (Å²) in [6, 6.07) is 8.28. The standard InChI is InChI=1S/C14H22N2O2/c1-4-18-13-8-6-5-7-12(13)9-16(11(2)3)10-14(15)17/h5-8,11H,4,9-10H2,1-3H3,(H2,15,17)/p+1. The van der Waals surface area contributed by atoms with Crippen LogP contribution in [-0.4, -0.2) is 25.1 Å². The third kappa shape index (κ3) is 4.37. The van der Waals surface area contributed by atoms with E-state index in [0.717, 1.165) is 22.8 Å². The Labute approximate surface area is 109 Å². The SMILES string of the molecule is CCOc1ccccc1C[NH+](CC(N)=O)C(C)C. The minimum Gasteiger partial charge on any atom is -0.493 e. The summed E-state index contributed by atoms with van der Waals surface area (Å²) < 4.78 is 5.59. The second-order valence-corrected chi connectivity index (χ2v) is 4.67. The quantitative estimate of drug-likeness (QED) is 0.735. The molecule has 1 unspecified atom stereocenters. The van der Waals surface area contributed by atoms with E-state index < -0.39 is 0 Å². The average Bonchev–Trinajstić information content (AvgIpc) is 2.30. The van der Waals surface area contributed by atoms with Crippen molar-refractivity contribution < 1.29 is 14.4 Å². The topological polar surface area (TPSA) is 56.8 Å². The number of carbonyl (C=O) groups is 1. The van der Waals surface area contributed by atoms with Crippen LogP contribution >= 0.6 is 0 Å². The second kappa shape index (κ2) is 7.01. The van der Waals surface area contributed by atoms with Crippen LogP contribution in [0.2, 0.25) is 0 Å². The first-order valence-corrected chi connectivity index (χ1v) is 6.38. The molecule has 18 heavy (non-hydrogen) atoms. The molecule has 0 aromatic heterocycles. The lowest BCUT2D eigenvalue weighted by atomic mass is 10.1. The molecular weight excluding hydrogens is 228 g/mol. The molecule has 0 saturated carbocycles. The Morgan fingerprint density at radius 2 is 2.06 bits per heavy atom. The molecule has 100 valence electrons. The van der Waals surface area contributed by atoms with Gasteiger partial charge in [0.2, 0.25) is 0 Å². The molecule has 0 heterocycles. The van der Waals surface area contributed by atoms with Crippen molar-refractivity contribution in [1.82, 2.24) is 0 Å². The van der Waals surface area contributed by atoms with Crippen LogP contribution in [0.5, 0.6) is 5.75 Å². The summed E-state index contributed by atoms with van der Waals surface area (Å²) in [6.07, 6.45) is 0. The van der Waals surface area contributed by atoms with E-state index in [2.05, 4.69) is 13.8 Å². The Hall–Kier alpha value is -1.55. The summed E-state index contributed by atoms with van der Waals surface area (Å²) >= 11 is 0. The fraction of sp³-hybridized carbons (Fsp3) is 0.500. The number of rotatable bonds is 7. The molecule has 4 heteroatoms. The molecule has 1 rings (SSSR count). The van der Waals surface area contributed by atoms with Crippen molar-refractivity contribution in [3.8, 4) is 5.75 Å². The number of nitrogens with two attached hydrogens (primary N) is 1. The third-order valence-electron chi connectivity index (χ3n) is 2.91. The third-order valence-corrected chi connectivity index (χ3v) is 2.91. The number of quaternary nitrogens is 1. The van der Waals surface area contributed by atoms with Crippen molar-refractivity contribution >= 4 is 5.91 Å². The van der Waals surface area contributed by atoms with Crippen LogP contribution in [0, 0.1) is 0 Å². The maximum atomic E-state index is 11.1. The fourth-order valence-corrected chi connectivity index (χ4v) is 1.89. The van der Waals surface area contributed by atoms with Crippen LogP contribution in [0.3, 0.4) is 0 Å². The molecule has 0 bridgehead atoms. The zero-order chi connectivity index (χ0) is 13.5. The molecule has 1 aromatic carbocycles. The van der Waals surface area contributed by atoms with Crippen molar-refractivity contribution in [2.45, 2.75) is 33.4 Å². The van der Waals surface area contributed by atoms with Crippen LogP contribution in [-0.2, 0) is 11.3 Å². The summed E-state index contributed by atoms with van der Waals surface area (Å²) in [5.41, 5.74) is 6.41. The molecule has 0 fully saturated rings. The molecule has 1 atom stereocenters. The molecule has 0 aliphatic rings. The Morgan fingerprint density at radius 3 is 2.61 bits per heavy atom. The van der Waals surface area contributed by atoms with Gasteiger partial charge in [-0.2, -0.15) is 0 Å². The van der Waals surface area contributed by atoms with Crippen LogP contribution in [0.15, 0.2) is 24.3 Å². The zero-order valence-electron chi connectivity index (χ0n) is 11.4. The molecule has 0 spiro atoms. The van der Waals surface area contributed by atoms with Crippen molar-refractivity contribution in [2.75, 3.05) is 13.2 Å². The molecule has 0 radical (unpaired) electrons. The van der Waals surface area contributed by atoms with Gasteiger partial charge in [-0.3, -0.25) is 4.79 Å². The highest BCUT2D eigenvalue weighted by Gasteiger charge is 2.18. The first kappa shape index (κ1) is 14.5. The van der Waals surface area contributed by atoms with E-state index in [1.807, 2.05) is 31.2 Å². The van der Waals surface area contributed by atoms with E-state index in [4.69, 9.17) is 10.5 Å². The summed E-state index contributed by atoms with van der Waals surface area (Å²) in [5, 5.41) is 0. The number of para-hydroxylation sites is 1. The number of primary amides is 1. The Bertz CT molecular complexity index is 391. The highest BCUT2D eigenvalue weighted by molar-refractivity contribution is 5.74. The summed E-state index contributed by atoms with van der Waals surface area (Å²) in [7, 11) is 0. The van der Waals surface area contributed by atoms with Gasteiger partial charge < -0.3 is 15.4 Å². The van der Waals surface area contributed by atoms with Crippen molar-refractivity contribution in [3.05, 3.63) is 29.8 Å². The van der Waals surface area contributed by atoms with Gasteiger partial charge in [-0.25, -0.2) is 0 Å². The number of carbonyl (C=O) groups excluding carboxylic acids is 1. The van der Waals surface area contributed by atoms with E-state index in [9.17, 15) is 4.79 Å². The van der Waals surface area contributed by atoms with Crippen LogP contribution < -0.4 is 15.4 Å². The van der Waals surface area contributed by atoms with Crippen LogP contribution in [0.25, 0.3) is 0 Å². The molecule has 1 amide bonds. The van der Waals surface area contributed by atoms with Gasteiger partial charge in [-0.05, 0) is 32.9 Å². The lowest BCUT2D eigenvalue weighted by Crippen LogP contribution is -3.14. The minimum atomic E-state index is -0.271. The van der Waals surface area contributed by atoms with Gasteiger partial charge >= 0.3 is 0 Å². The Kier molecular flexibility index (Phi) is 5.65. The normalized spacial score (nSPS) is 12.4. The number of nitrogens with one attached hydrogen (secondary N) is 1. The van der Waals surface area contributed by atoms with Crippen molar-refractivity contribution in [1.29, 1.82) is 0 Å². The van der Waals surface area contributed by atoms with Crippen molar-refractivity contribution in [2.24, 2.45) is 5.73 Å². The number of benzene rings is 1. The van der Waals surface area contributed by atoms with Gasteiger partial charge in [0, 0.05) is 5.56 Å². The van der Waals surface area contributed by atoms with Gasteiger partial charge in [-0.1, -0.05) is 12.1 Å². The average molecular weight is 251 g/mol. The van der Waals surface area contributed by atoms with Gasteiger partial charge in [0.05, 0.1) is 12.6 Å². The van der Waals surface area contributed by atoms with Gasteiger partial charge in [0.15, 0.2) is 6.54 Å². The van der Waals surface area contributed by atoms with E-state index in [1.165, 1.54) is 0 Å². The zero-order valence-corrected chi connectivity index (χ0v) is 11.4. The fourth-order valence-electron chi connectivity index (χ4n) is 1.89. The van der Waals surface area contributed by atoms with Gasteiger partial charge in [-0.15, -0.1) is 0 Å². The van der Waals surface area contributed by atoms with E-state index in [1.54, 1.807) is 0 Å². The number of hydrogen-bond donors (Lipinski definition) is 2. The number of amides is 1. The predicted octanol–water partition coefficient (Wildman–Crippen LogP) is 0.364. The predicted molar refractivity (Wildman–Crippen MR) is 71.5 cm³/mol. The highest BCUT2D eigenvalue weighted by atomic mass is 16.5. The smallest absolute Gasteiger partial charge is 0.272 e. The minimum absolute atomic E-state index is 0.271. The molecular formula is C14H23N2O2+. The van der Waals surface area contributed by atoms with E-state index >= 15 is 0 Å². The van der Waals surface area contributed by atoms with E-state index in [-0.39, 0.29) is 5.91 Å². The number of hydrogen-bond acceptors (Lipinski definition) is 2. The maximum Gasteiger partial charge on any atom is 0.272 e. The number of ether oxygens (including phenoxy) is 1. The van der Waals surface area contributed by atoms with Crippen molar-refractivity contribution in [3.63, 3.8) is 0 Å². The first-order valence-electron chi connectivity index (χ1n) is 6.38. The summed E-state index contributed by atoms with van der Waals surface area (Å²) in [4.78, 5) is 12.2. The Morgan fingerprint density at radius 1 is 1.39 bits per heavy atom. The molecule has 1 aromatic rings. The molecule has 0 aliphatic carbocycles. The van der Waals surface area contributed by atoms with E-state index in [0.29, 0.717) is 19.2 Å². The van der Waals surface area contributed by atoms with Gasteiger partial charge in [0.1, 0.15) is 12.3 Å². The largest absolute Gasteiger partial charge is 0.493 e. The molecule has 0 aliphatic heterocycles. The molecule has 0 saturated heterocycles. The summed E-state index contributed by atoms with van der Waals surface area (Å²) in [6.45, 7) is 7.87. The molecule has 4 nitrogen and oxygen atoms in total. The Balaban J connectivity index is 2.82. The first-order chi connectivity index (χ1) is 8.54. The van der Waals surface area contributed by atoms with Gasteiger partial charge in [0.25, 0.3) is 5.91 Å². The highest BCUT2D eigenvalue weighted by Crippen LogP contribution is 2.16. The lowest BCUT2D eigenvalue weighted by Gasteiger charge is -2.23. The van der Waals surface area contributed by atoms with Crippen LogP contribution in [0.4, 0.5) is 0 Å². The second-order valence-electron chi connectivity index (χ2n) is 4.67. The lowest BCUT2D eigenvalue weighted by molar-refractivity contribution is -0.927. The van der Waals surface area contributed by atoms with Crippen LogP contribution in [0.1, 0.15) is 26.3 Å². The summed E-state index contributed by atoms with van der Waals surface area (Å²) in [5.74, 6) is 0.621. The maximum absolute atomic E-state index is 11.1. The monoisotopic (exact) mass is 251 g/mol. The molecule has 3 N–H and O–H groups in total.